The zero-order valence-electron chi connectivity index (χ0n) is 11.2. The Morgan fingerprint density at radius 1 is 1.31 bits per heavy atom. The summed E-state index contributed by atoms with van der Waals surface area (Å²) < 4.78 is 2.13. The molecule has 0 radical (unpaired) electrons. The first-order valence-electron chi connectivity index (χ1n) is 6.08. The van der Waals surface area contributed by atoms with Crippen LogP contribution >= 0.6 is 0 Å². The Morgan fingerprint density at radius 2 is 2.00 bits per heavy atom. The van der Waals surface area contributed by atoms with Gasteiger partial charge in [0.2, 0.25) is 0 Å². The van der Waals surface area contributed by atoms with Crippen LogP contribution in [0.4, 0.5) is 0 Å². The quantitative estimate of drug-likeness (QED) is 0.831. The van der Waals surface area contributed by atoms with Crippen molar-refractivity contribution in [3.05, 3.63) is 18.7 Å². The van der Waals surface area contributed by atoms with Crippen molar-refractivity contribution in [2.75, 3.05) is 6.54 Å². The minimum absolute atomic E-state index is 0.328. The van der Waals surface area contributed by atoms with Crippen molar-refractivity contribution < 1.29 is 0 Å². The maximum Gasteiger partial charge on any atom is 0.0946 e. The highest BCUT2D eigenvalue weighted by Crippen LogP contribution is 2.18. The third-order valence-corrected chi connectivity index (χ3v) is 3.15. The van der Waals surface area contributed by atoms with Crippen molar-refractivity contribution in [2.24, 2.45) is 11.3 Å². The van der Waals surface area contributed by atoms with E-state index in [1.165, 1.54) is 0 Å². The van der Waals surface area contributed by atoms with Gasteiger partial charge in [-0.15, -0.1) is 0 Å². The third kappa shape index (κ3) is 4.35. The Bertz CT molecular complexity index is 285. The first-order chi connectivity index (χ1) is 7.39. The van der Waals surface area contributed by atoms with E-state index in [1.54, 1.807) is 0 Å². The molecular formula is C13H25N3. The van der Waals surface area contributed by atoms with E-state index in [1.807, 2.05) is 18.7 Å². The Morgan fingerprint density at radius 3 is 2.50 bits per heavy atom. The lowest BCUT2D eigenvalue weighted by Gasteiger charge is -2.29. The normalized spacial score (nSPS) is 16.1. The minimum Gasteiger partial charge on any atom is -0.337 e. The van der Waals surface area contributed by atoms with E-state index in [9.17, 15) is 0 Å². The summed E-state index contributed by atoms with van der Waals surface area (Å²) >= 11 is 0. The molecule has 0 aliphatic heterocycles. The average Bonchev–Trinajstić information content (AvgIpc) is 2.65. The number of nitrogens with one attached hydrogen (secondary N) is 1. The fraction of sp³-hybridized carbons (Fsp3) is 0.769. The first-order valence-corrected chi connectivity index (χ1v) is 6.08. The summed E-state index contributed by atoms with van der Waals surface area (Å²) in [4.78, 5) is 4.05. The average molecular weight is 223 g/mol. The zero-order valence-corrected chi connectivity index (χ0v) is 11.2. The summed E-state index contributed by atoms with van der Waals surface area (Å²) in [6.45, 7) is 13.4. The minimum atomic E-state index is 0.328. The maximum atomic E-state index is 4.05. The fourth-order valence-corrected chi connectivity index (χ4v) is 1.50. The number of rotatable bonds is 5. The molecule has 92 valence electrons. The smallest absolute Gasteiger partial charge is 0.0946 e. The van der Waals surface area contributed by atoms with Crippen LogP contribution in [0.2, 0.25) is 0 Å². The lowest BCUT2D eigenvalue weighted by Crippen LogP contribution is -2.40. The van der Waals surface area contributed by atoms with Crippen LogP contribution in [0, 0.1) is 11.3 Å². The molecule has 16 heavy (non-hydrogen) atoms. The Kier molecular flexibility index (Phi) is 4.54. The molecule has 0 aliphatic rings. The molecular weight excluding hydrogens is 198 g/mol. The number of nitrogens with zero attached hydrogens (tertiary/aromatic N) is 2. The molecule has 3 nitrogen and oxygen atoms in total. The van der Waals surface area contributed by atoms with Gasteiger partial charge in [-0.1, -0.05) is 27.7 Å². The second-order valence-corrected chi connectivity index (χ2v) is 5.86. The third-order valence-electron chi connectivity index (χ3n) is 3.15. The van der Waals surface area contributed by atoms with Gasteiger partial charge in [0.05, 0.1) is 6.33 Å². The molecule has 1 aromatic heterocycles. The predicted octanol–water partition coefficient (Wildman–Crippen LogP) is 2.54. The van der Waals surface area contributed by atoms with Gasteiger partial charge in [0.25, 0.3) is 0 Å². The van der Waals surface area contributed by atoms with Crippen LogP contribution in [0.3, 0.4) is 0 Å². The highest BCUT2D eigenvalue weighted by atomic mass is 15.0. The van der Waals surface area contributed by atoms with Crippen LogP contribution in [-0.4, -0.2) is 22.1 Å². The van der Waals surface area contributed by atoms with E-state index in [0.717, 1.165) is 13.1 Å². The number of hydrogen-bond acceptors (Lipinski definition) is 2. The molecule has 2 atom stereocenters. The second-order valence-electron chi connectivity index (χ2n) is 5.86. The van der Waals surface area contributed by atoms with E-state index in [0.29, 0.717) is 17.4 Å². The van der Waals surface area contributed by atoms with Crippen LogP contribution in [0.25, 0.3) is 0 Å². The fourth-order valence-electron chi connectivity index (χ4n) is 1.50. The van der Waals surface area contributed by atoms with Gasteiger partial charge in [-0.2, -0.15) is 0 Å². The van der Waals surface area contributed by atoms with E-state index >= 15 is 0 Å². The summed E-state index contributed by atoms with van der Waals surface area (Å²) in [5.74, 6) is 0.624. The van der Waals surface area contributed by atoms with Crippen molar-refractivity contribution in [2.45, 2.75) is 47.2 Å². The Hall–Kier alpha value is -0.830. The summed E-state index contributed by atoms with van der Waals surface area (Å²) in [5, 5.41) is 3.60. The molecule has 1 heterocycles. The molecule has 0 aromatic carbocycles. The molecule has 3 heteroatoms. The van der Waals surface area contributed by atoms with Gasteiger partial charge in [-0.05, 0) is 24.8 Å². The topological polar surface area (TPSA) is 29.9 Å². The lowest BCUT2D eigenvalue weighted by molar-refractivity contribution is 0.271. The van der Waals surface area contributed by atoms with Crippen LogP contribution < -0.4 is 5.32 Å². The van der Waals surface area contributed by atoms with Crippen molar-refractivity contribution in [1.82, 2.24) is 14.9 Å². The second kappa shape index (κ2) is 5.48. The van der Waals surface area contributed by atoms with Crippen molar-refractivity contribution in [3.8, 4) is 0 Å². The molecule has 0 aliphatic carbocycles. The summed E-state index contributed by atoms with van der Waals surface area (Å²) in [6.07, 6.45) is 5.73. The van der Waals surface area contributed by atoms with Crippen molar-refractivity contribution in [3.63, 3.8) is 0 Å². The molecule has 2 unspecified atom stereocenters. The highest BCUT2D eigenvalue weighted by Gasteiger charge is 2.19. The van der Waals surface area contributed by atoms with E-state index in [4.69, 9.17) is 0 Å². The number of imidazole rings is 1. The molecule has 0 fully saturated rings. The van der Waals surface area contributed by atoms with Gasteiger partial charge in [-0.3, -0.25) is 0 Å². The standard InChI is InChI=1S/C13H25N3/c1-11(9-16-7-6-14-10-16)8-15-12(2)13(3,4)5/h6-7,10-12,15H,8-9H2,1-5H3. The monoisotopic (exact) mass is 223 g/mol. The summed E-state index contributed by atoms with van der Waals surface area (Å²) in [7, 11) is 0. The largest absolute Gasteiger partial charge is 0.337 e. The van der Waals surface area contributed by atoms with Crippen molar-refractivity contribution in [1.29, 1.82) is 0 Å². The van der Waals surface area contributed by atoms with Gasteiger partial charge in [-0.25, -0.2) is 4.98 Å². The van der Waals surface area contributed by atoms with Gasteiger partial charge in [0.15, 0.2) is 0 Å². The molecule has 0 amide bonds. The van der Waals surface area contributed by atoms with Gasteiger partial charge in [0.1, 0.15) is 0 Å². The van der Waals surface area contributed by atoms with Crippen LogP contribution in [0.5, 0.6) is 0 Å². The zero-order chi connectivity index (χ0) is 12.2. The molecule has 0 saturated heterocycles. The first kappa shape index (κ1) is 13.2. The lowest BCUT2D eigenvalue weighted by atomic mass is 9.88. The van der Waals surface area contributed by atoms with E-state index in [2.05, 4.69) is 49.5 Å². The highest BCUT2D eigenvalue weighted by molar-refractivity contribution is 4.78. The Balaban J connectivity index is 2.28. The molecule has 0 spiro atoms. The molecule has 1 N–H and O–H groups in total. The van der Waals surface area contributed by atoms with E-state index < -0.39 is 0 Å². The van der Waals surface area contributed by atoms with Crippen molar-refractivity contribution >= 4 is 0 Å². The summed E-state index contributed by atoms with van der Waals surface area (Å²) in [6, 6.07) is 0.540. The van der Waals surface area contributed by atoms with Gasteiger partial charge in [0, 0.05) is 25.0 Å². The van der Waals surface area contributed by atoms with Crippen LogP contribution in [0.15, 0.2) is 18.7 Å². The SMILES string of the molecule is CC(CNC(C)C(C)(C)C)Cn1ccnc1. The predicted molar refractivity (Wildman–Crippen MR) is 68.3 cm³/mol. The maximum absolute atomic E-state index is 4.05. The van der Waals surface area contributed by atoms with E-state index in [-0.39, 0.29) is 0 Å². The Labute approximate surface area is 99.3 Å². The molecule has 0 saturated carbocycles. The molecule has 0 bridgehead atoms. The molecule has 1 aromatic rings. The summed E-state index contributed by atoms with van der Waals surface area (Å²) in [5.41, 5.74) is 0.328. The number of aromatic nitrogens is 2. The molecule has 1 rings (SSSR count). The number of hydrogen-bond donors (Lipinski definition) is 1. The van der Waals surface area contributed by atoms with Crippen LogP contribution in [-0.2, 0) is 6.54 Å². The van der Waals surface area contributed by atoms with Gasteiger partial charge >= 0.3 is 0 Å². The van der Waals surface area contributed by atoms with Gasteiger partial charge < -0.3 is 9.88 Å². The van der Waals surface area contributed by atoms with Crippen LogP contribution in [0.1, 0.15) is 34.6 Å².